The van der Waals surface area contributed by atoms with Crippen molar-refractivity contribution >= 4 is 70.3 Å². The smallest absolute Gasteiger partial charge is 0.411 e. The highest BCUT2D eigenvalue weighted by Crippen LogP contribution is 2.30. The molecule has 0 radical (unpaired) electrons. The third kappa shape index (κ3) is 7.19. The Kier molecular flexibility index (Phi) is 9.68. The summed E-state index contributed by atoms with van der Waals surface area (Å²) in [5.74, 6) is -1.14. The molecule has 13 heteroatoms. The second kappa shape index (κ2) is 12.7. The zero-order valence-corrected chi connectivity index (χ0v) is 21.5. The largest absolute Gasteiger partial charge is 0.480 e. The molecule has 0 aromatic heterocycles. The van der Waals surface area contributed by atoms with Crippen LogP contribution in [0.4, 0.5) is 21.0 Å². The lowest BCUT2D eigenvalue weighted by Gasteiger charge is -2.24. The predicted octanol–water partition coefficient (Wildman–Crippen LogP) is 4.28. The molecule has 1 aliphatic heterocycles. The van der Waals surface area contributed by atoms with Crippen LogP contribution in [0.1, 0.15) is 12.5 Å². The van der Waals surface area contributed by atoms with Gasteiger partial charge in [0.15, 0.2) is 0 Å². The first kappa shape index (κ1) is 27.4. The van der Waals surface area contributed by atoms with E-state index in [0.29, 0.717) is 22.9 Å². The number of rotatable bonds is 8. The van der Waals surface area contributed by atoms with E-state index < -0.39 is 36.1 Å². The molecule has 0 bridgehead atoms. The fourth-order valence-electron chi connectivity index (χ4n) is 3.37. The monoisotopic (exact) mass is 554 g/mol. The zero-order chi connectivity index (χ0) is 26.2. The molecular formula is C23H24Cl2N4O6S. The molecule has 0 unspecified atom stereocenters. The third-order valence-electron chi connectivity index (χ3n) is 5.15. The highest BCUT2D eigenvalue weighted by atomic mass is 35.5. The van der Waals surface area contributed by atoms with Crippen LogP contribution in [0, 0.1) is 0 Å². The zero-order valence-electron chi connectivity index (χ0n) is 19.1. The summed E-state index contributed by atoms with van der Waals surface area (Å²) in [5.41, 5.74) is 1.34. The van der Waals surface area contributed by atoms with Gasteiger partial charge in [-0.25, -0.2) is 14.4 Å². The van der Waals surface area contributed by atoms with Crippen molar-refractivity contribution in [2.75, 3.05) is 28.9 Å². The third-order valence-corrected chi connectivity index (χ3v) is 6.80. The highest BCUT2D eigenvalue weighted by molar-refractivity contribution is 7.99. The number of carboxylic acid groups (broad SMARTS) is 1. The number of benzene rings is 2. The Labute approximate surface area is 221 Å². The summed E-state index contributed by atoms with van der Waals surface area (Å²) in [6.07, 6.45) is -0.611. The Balaban J connectivity index is 1.59. The second-order valence-electron chi connectivity index (χ2n) is 7.66. The number of thioether (sulfide) groups is 1. The molecule has 0 aliphatic carbocycles. The van der Waals surface area contributed by atoms with Gasteiger partial charge < -0.3 is 25.8 Å². The molecule has 1 saturated heterocycles. The number of carbonyl (C=O) groups is 4. The summed E-state index contributed by atoms with van der Waals surface area (Å²) < 4.78 is 4.97. The maximum atomic E-state index is 12.7. The average molecular weight is 555 g/mol. The van der Waals surface area contributed by atoms with Crippen molar-refractivity contribution in [3.8, 4) is 0 Å². The molecular weight excluding hydrogens is 531 g/mol. The number of nitrogens with zero attached hydrogens (tertiary/aromatic N) is 1. The molecule has 1 heterocycles. The van der Waals surface area contributed by atoms with E-state index in [0.717, 1.165) is 0 Å². The standard InChI is InChI=1S/C23H24Cl2N4O6S/c1-2-35-23(34)29-12-36-11-18(29)20(30)27-17(21(31)32)10-13-6-8-14(9-7-13)26-22(33)28-19-15(24)4-3-5-16(19)25/h3-9,17-18H,2,10-12H2,1H3,(H,27,30)(H,31,32)(H2,26,28,33)/t17-,18+/m0/s1. The number of aliphatic carboxylic acids is 1. The van der Waals surface area contributed by atoms with Crippen molar-refractivity contribution in [2.45, 2.75) is 25.4 Å². The van der Waals surface area contributed by atoms with Crippen molar-refractivity contribution < 1.29 is 29.0 Å². The first-order valence-electron chi connectivity index (χ1n) is 10.8. The van der Waals surface area contributed by atoms with Crippen LogP contribution in [0.15, 0.2) is 42.5 Å². The molecule has 10 nitrogen and oxygen atoms in total. The number of ether oxygens (including phenoxy) is 1. The lowest BCUT2D eigenvalue weighted by atomic mass is 10.0. The Morgan fingerprint density at radius 1 is 1.11 bits per heavy atom. The number of carboxylic acids is 1. The Hall–Kier alpha value is -3.15. The molecule has 0 saturated carbocycles. The lowest BCUT2D eigenvalue weighted by Crippen LogP contribution is -2.52. The maximum Gasteiger partial charge on any atom is 0.411 e. The van der Waals surface area contributed by atoms with Gasteiger partial charge in [-0.3, -0.25) is 9.69 Å². The number of amides is 4. The van der Waals surface area contributed by atoms with Crippen LogP contribution < -0.4 is 16.0 Å². The van der Waals surface area contributed by atoms with Crippen molar-refractivity contribution in [2.24, 2.45) is 0 Å². The molecule has 1 fully saturated rings. The van der Waals surface area contributed by atoms with Gasteiger partial charge in [-0.15, -0.1) is 11.8 Å². The van der Waals surface area contributed by atoms with Gasteiger partial charge >= 0.3 is 18.1 Å². The number of halogens is 2. The molecule has 4 N–H and O–H groups in total. The van der Waals surface area contributed by atoms with Crippen LogP contribution in [-0.4, -0.2) is 64.3 Å². The SMILES string of the molecule is CCOC(=O)N1CSC[C@@H]1C(=O)N[C@@H](Cc1ccc(NC(=O)Nc2c(Cl)cccc2Cl)cc1)C(=O)O. The molecule has 2 aromatic carbocycles. The number of urea groups is 1. The number of para-hydroxylation sites is 1. The summed E-state index contributed by atoms with van der Waals surface area (Å²) in [6.45, 7) is 1.84. The Morgan fingerprint density at radius 2 is 1.78 bits per heavy atom. The summed E-state index contributed by atoms with van der Waals surface area (Å²) in [6, 6.07) is 8.72. The van der Waals surface area contributed by atoms with Gasteiger partial charge in [-0.05, 0) is 36.8 Å². The fraction of sp³-hybridized carbons (Fsp3) is 0.304. The number of hydrogen-bond donors (Lipinski definition) is 4. The molecule has 0 spiro atoms. The number of anilines is 2. The van der Waals surface area contributed by atoms with Crippen LogP contribution in [0.5, 0.6) is 0 Å². The number of hydrogen-bond acceptors (Lipinski definition) is 6. The first-order chi connectivity index (χ1) is 17.2. The van der Waals surface area contributed by atoms with Gasteiger partial charge in [-0.2, -0.15) is 0 Å². The van der Waals surface area contributed by atoms with Crippen molar-refractivity contribution in [1.82, 2.24) is 10.2 Å². The summed E-state index contributed by atoms with van der Waals surface area (Å²) >= 11 is 13.5. The summed E-state index contributed by atoms with van der Waals surface area (Å²) in [5, 5.41) is 17.9. The molecule has 36 heavy (non-hydrogen) atoms. The predicted molar refractivity (Wildman–Crippen MR) is 139 cm³/mol. The molecule has 3 rings (SSSR count). The molecule has 2 aromatic rings. The van der Waals surface area contributed by atoms with Gasteiger partial charge in [0.05, 0.1) is 28.2 Å². The van der Waals surface area contributed by atoms with Crippen LogP contribution in [-0.2, 0) is 20.7 Å². The van der Waals surface area contributed by atoms with E-state index in [1.54, 1.807) is 49.4 Å². The van der Waals surface area contributed by atoms with E-state index in [-0.39, 0.29) is 28.8 Å². The molecule has 4 amide bonds. The van der Waals surface area contributed by atoms with E-state index in [4.69, 9.17) is 27.9 Å². The van der Waals surface area contributed by atoms with Crippen LogP contribution >= 0.6 is 35.0 Å². The minimum absolute atomic E-state index is 0.00203. The average Bonchev–Trinajstić information content (AvgIpc) is 3.33. The topological polar surface area (TPSA) is 137 Å². The number of nitrogens with one attached hydrogen (secondary N) is 3. The lowest BCUT2D eigenvalue weighted by molar-refractivity contribution is -0.142. The van der Waals surface area contributed by atoms with Crippen LogP contribution in [0.2, 0.25) is 10.0 Å². The minimum atomic E-state index is -1.21. The van der Waals surface area contributed by atoms with E-state index in [1.807, 2.05) is 0 Å². The minimum Gasteiger partial charge on any atom is -0.480 e. The van der Waals surface area contributed by atoms with Crippen LogP contribution in [0.3, 0.4) is 0 Å². The van der Waals surface area contributed by atoms with Crippen molar-refractivity contribution in [3.63, 3.8) is 0 Å². The Morgan fingerprint density at radius 3 is 2.39 bits per heavy atom. The van der Waals surface area contributed by atoms with Gasteiger partial charge in [0.1, 0.15) is 12.1 Å². The fourth-order valence-corrected chi connectivity index (χ4v) is 5.00. The second-order valence-corrected chi connectivity index (χ2v) is 9.47. The van der Waals surface area contributed by atoms with Crippen molar-refractivity contribution in [3.05, 3.63) is 58.1 Å². The highest BCUT2D eigenvalue weighted by Gasteiger charge is 2.37. The Bertz CT molecular complexity index is 1110. The van der Waals surface area contributed by atoms with E-state index >= 15 is 0 Å². The number of carbonyl (C=O) groups excluding carboxylic acids is 3. The van der Waals surface area contributed by atoms with E-state index in [9.17, 15) is 24.3 Å². The van der Waals surface area contributed by atoms with E-state index in [2.05, 4.69) is 16.0 Å². The van der Waals surface area contributed by atoms with Gasteiger partial charge in [-0.1, -0.05) is 41.4 Å². The molecule has 1 aliphatic rings. The van der Waals surface area contributed by atoms with Gasteiger partial charge in [0.25, 0.3) is 0 Å². The normalized spacial score (nSPS) is 15.6. The van der Waals surface area contributed by atoms with Gasteiger partial charge in [0, 0.05) is 17.9 Å². The molecule has 2 atom stereocenters. The first-order valence-corrected chi connectivity index (χ1v) is 12.8. The summed E-state index contributed by atoms with van der Waals surface area (Å²) in [4.78, 5) is 50.2. The molecule has 192 valence electrons. The summed E-state index contributed by atoms with van der Waals surface area (Å²) in [7, 11) is 0. The van der Waals surface area contributed by atoms with E-state index in [1.165, 1.54) is 16.7 Å². The maximum absolute atomic E-state index is 12.7. The van der Waals surface area contributed by atoms with Crippen molar-refractivity contribution in [1.29, 1.82) is 0 Å². The van der Waals surface area contributed by atoms with Crippen LogP contribution in [0.25, 0.3) is 0 Å². The van der Waals surface area contributed by atoms with Gasteiger partial charge in [0.2, 0.25) is 5.91 Å². The quantitative estimate of drug-likeness (QED) is 0.382.